The lowest BCUT2D eigenvalue weighted by Gasteiger charge is -2.18. The number of benzene rings is 1. The van der Waals surface area contributed by atoms with E-state index in [9.17, 15) is 0 Å². The monoisotopic (exact) mass is 247 g/mol. The zero-order valence-electron chi connectivity index (χ0n) is 11.2. The van der Waals surface area contributed by atoms with Crippen molar-refractivity contribution in [3.63, 3.8) is 0 Å². The molecule has 100 valence electrons. The van der Waals surface area contributed by atoms with E-state index in [0.717, 1.165) is 12.8 Å². The zero-order valence-corrected chi connectivity index (χ0v) is 11.2. The highest BCUT2D eigenvalue weighted by atomic mass is 16.2. The van der Waals surface area contributed by atoms with Gasteiger partial charge in [0.25, 0.3) is 0 Å². The summed E-state index contributed by atoms with van der Waals surface area (Å²) >= 11 is 0. The van der Waals surface area contributed by atoms with Gasteiger partial charge in [-0.25, -0.2) is 0 Å². The Morgan fingerprint density at radius 3 is 2.61 bits per heavy atom. The summed E-state index contributed by atoms with van der Waals surface area (Å²) < 4.78 is 0. The van der Waals surface area contributed by atoms with Gasteiger partial charge in [0, 0.05) is 18.3 Å². The van der Waals surface area contributed by atoms with Crippen LogP contribution in [0.1, 0.15) is 50.5 Å². The fourth-order valence-corrected chi connectivity index (χ4v) is 2.76. The highest BCUT2D eigenvalue weighted by Gasteiger charge is 2.11. The van der Waals surface area contributed by atoms with Crippen LogP contribution in [0.2, 0.25) is 0 Å². The Labute approximate surface area is 110 Å². The second-order valence-electron chi connectivity index (χ2n) is 5.36. The standard InChI is InChI=1S/C16H25NO/c18-12-6-8-14-7-5-11-16(13-14)17-15-9-3-1-2-4-10-15/h5,7,11,13,15,17-18H,1-4,6,8-10,12H2. The summed E-state index contributed by atoms with van der Waals surface area (Å²) in [7, 11) is 0. The smallest absolute Gasteiger partial charge is 0.0434 e. The SMILES string of the molecule is OCCCc1cccc(NC2CCCCCC2)c1. The van der Waals surface area contributed by atoms with Crippen LogP contribution in [0.25, 0.3) is 0 Å². The molecule has 0 atom stereocenters. The lowest BCUT2D eigenvalue weighted by molar-refractivity contribution is 0.288. The molecular formula is C16H25NO. The fourth-order valence-electron chi connectivity index (χ4n) is 2.76. The summed E-state index contributed by atoms with van der Waals surface area (Å²) in [6, 6.07) is 9.31. The van der Waals surface area contributed by atoms with Gasteiger partial charge in [-0.15, -0.1) is 0 Å². The topological polar surface area (TPSA) is 32.3 Å². The van der Waals surface area contributed by atoms with Crippen LogP contribution in [-0.4, -0.2) is 17.8 Å². The first-order chi connectivity index (χ1) is 8.88. The van der Waals surface area contributed by atoms with Crippen molar-refractivity contribution in [2.75, 3.05) is 11.9 Å². The normalized spacial score (nSPS) is 17.4. The molecular weight excluding hydrogens is 222 g/mol. The van der Waals surface area contributed by atoms with Crippen LogP contribution in [0, 0.1) is 0 Å². The lowest BCUT2D eigenvalue weighted by atomic mass is 10.1. The van der Waals surface area contributed by atoms with Gasteiger partial charge in [0.2, 0.25) is 0 Å². The van der Waals surface area contributed by atoms with Gasteiger partial charge in [-0.05, 0) is 43.4 Å². The van der Waals surface area contributed by atoms with Crippen molar-refractivity contribution < 1.29 is 5.11 Å². The molecule has 0 radical (unpaired) electrons. The average Bonchev–Trinajstić information content (AvgIpc) is 2.65. The number of aliphatic hydroxyl groups excluding tert-OH is 1. The predicted octanol–water partition coefficient (Wildman–Crippen LogP) is 3.75. The molecule has 0 unspecified atom stereocenters. The van der Waals surface area contributed by atoms with E-state index in [1.165, 1.54) is 49.8 Å². The molecule has 0 heterocycles. The largest absolute Gasteiger partial charge is 0.396 e. The zero-order chi connectivity index (χ0) is 12.6. The van der Waals surface area contributed by atoms with E-state index in [1.807, 2.05) is 0 Å². The first kappa shape index (κ1) is 13.4. The molecule has 1 saturated carbocycles. The Bertz CT molecular complexity index is 343. The molecule has 1 aliphatic carbocycles. The lowest BCUT2D eigenvalue weighted by Crippen LogP contribution is -2.18. The van der Waals surface area contributed by atoms with Crippen molar-refractivity contribution in [3.05, 3.63) is 29.8 Å². The van der Waals surface area contributed by atoms with Gasteiger partial charge in [-0.2, -0.15) is 0 Å². The Hall–Kier alpha value is -1.02. The first-order valence-electron chi connectivity index (χ1n) is 7.35. The van der Waals surface area contributed by atoms with Crippen LogP contribution in [0.3, 0.4) is 0 Å². The van der Waals surface area contributed by atoms with Crippen LogP contribution in [0.15, 0.2) is 24.3 Å². The van der Waals surface area contributed by atoms with Crippen molar-refractivity contribution in [1.29, 1.82) is 0 Å². The quantitative estimate of drug-likeness (QED) is 0.777. The molecule has 2 nitrogen and oxygen atoms in total. The van der Waals surface area contributed by atoms with Gasteiger partial charge in [0.15, 0.2) is 0 Å². The van der Waals surface area contributed by atoms with E-state index in [-0.39, 0.29) is 6.61 Å². The van der Waals surface area contributed by atoms with Crippen molar-refractivity contribution in [1.82, 2.24) is 0 Å². The Balaban J connectivity index is 1.91. The summed E-state index contributed by atoms with van der Waals surface area (Å²) in [4.78, 5) is 0. The van der Waals surface area contributed by atoms with Crippen LogP contribution in [0.5, 0.6) is 0 Å². The van der Waals surface area contributed by atoms with Crippen molar-refractivity contribution in [2.45, 2.75) is 57.4 Å². The summed E-state index contributed by atoms with van der Waals surface area (Å²) in [5.74, 6) is 0. The number of aliphatic hydroxyl groups is 1. The predicted molar refractivity (Wildman–Crippen MR) is 77.0 cm³/mol. The van der Waals surface area contributed by atoms with Gasteiger partial charge in [0.1, 0.15) is 0 Å². The molecule has 0 spiro atoms. The Morgan fingerprint density at radius 2 is 1.89 bits per heavy atom. The van der Waals surface area contributed by atoms with Gasteiger partial charge in [0.05, 0.1) is 0 Å². The van der Waals surface area contributed by atoms with Crippen LogP contribution < -0.4 is 5.32 Å². The van der Waals surface area contributed by atoms with E-state index in [0.29, 0.717) is 6.04 Å². The molecule has 0 aromatic heterocycles. The third-order valence-electron chi connectivity index (χ3n) is 3.78. The molecule has 1 aromatic carbocycles. The van der Waals surface area contributed by atoms with E-state index in [4.69, 9.17) is 5.11 Å². The van der Waals surface area contributed by atoms with Crippen LogP contribution in [-0.2, 0) is 6.42 Å². The van der Waals surface area contributed by atoms with E-state index in [1.54, 1.807) is 0 Å². The van der Waals surface area contributed by atoms with Crippen molar-refractivity contribution in [3.8, 4) is 0 Å². The molecule has 0 amide bonds. The highest BCUT2D eigenvalue weighted by Crippen LogP contribution is 2.21. The van der Waals surface area contributed by atoms with Crippen LogP contribution >= 0.6 is 0 Å². The van der Waals surface area contributed by atoms with E-state index >= 15 is 0 Å². The molecule has 18 heavy (non-hydrogen) atoms. The molecule has 1 aliphatic rings. The number of hydrogen-bond donors (Lipinski definition) is 2. The number of nitrogens with one attached hydrogen (secondary N) is 1. The second kappa shape index (κ2) is 7.42. The molecule has 1 aromatic rings. The molecule has 0 saturated heterocycles. The average molecular weight is 247 g/mol. The first-order valence-corrected chi connectivity index (χ1v) is 7.35. The third kappa shape index (κ3) is 4.34. The maximum Gasteiger partial charge on any atom is 0.0434 e. The van der Waals surface area contributed by atoms with Crippen molar-refractivity contribution >= 4 is 5.69 Å². The molecule has 1 fully saturated rings. The summed E-state index contributed by atoms with van der Waals surface area (Å²) in [6.45, 7) is 0.278. The third-order valence-corrected chi connectivity index (χ3v) is 3.78. The molecule has 0 aliphatic heterocycles. The molecule has 0 bridgehead atoms. The minimum Gasteiger partial charge on any atom is -0.396 e. The Morgan fingerprint density at radius 1 is 1.11 bits per heavy atom. The molecule has 2 N–H and O–H groups in total. The van der Waals surface area contributed by atoms with Crippen LogP contribution in [0.4, 0.5) is 5.69 Å². The maximum atomic E-state index is 8.87. The molecule has 2 rings (SSSR count). The minimum atomic E-state index is 0.278. The van der Waals surface area contributed by atoms with Gasteiger partial charge >= 0.3 is 0 Å². The number of rotatable bonds is 5. The van der Waals surface area contributed by atoms with Crippen molar-refractivity contribution in [2.24, 2.45) is 0 Å². The second-order valence-corrected chi connectivity index (χ2v) is 5.36. The maximum absolute atomic E-state index is 8.87. The summed E-state index contributed by atoms with van der Waals surface area (Å²) in [5, 5.41) is 12.5. The van der Waals surface area contributed by atoms with E-state index < -0.39 is 0 Å². The number of hydrogen-bond acceptors (Lipinski definition) is 2. The molecule has 2 heteroatoms. The highest BCUT2D eigenvalue weighted by molar-refractivity contribution is 5.46. The van der Waals surface area contributed by atoms with Gasteiger partial charge < -0.3 is 10.4 Å². The van der Waals surface area contributed by atoms with E-state index in [2.05, 4.69) is 29.6 Å². The summed E-state index contributed by atoms with van der Waals surface area (Å²) in [5.41, 5.74) is 2.57. The summed E-state index contributed by atoms with van der Waals surface area (Å²) in [6.07, 6.45) is 9.96. The Kier molecular flexibility index (Phi) is 5.53. The number of anilines is 1. The fraction of sp³-hybridized carbons (Fsp3) is 0.625. The number of aryl methyl sites for hydroxylation is 1. The van der Waals surface area contributed by atoms with Gasteiger partial charge in [-0.1, -0.05) is 37.8 Å². The van der Waals surface area contributed by atoms with Gasteiger partial charge in [-0.3, -0.25) is 0 Å². The minimum absolute atomic E-state index is 0.278.